The summed E-state index contributed by atoms with van der Waals surface area (Å²) in [6.45, 7) is 7.69. The third-order valence-electron chi connectivity index (χ3n) is 3.67. The molecule has 2 aromatic rings. The zero-order chi connectivity index (χ0) is 19.1. The summed E-state index contributed by atoms with van der Waals surface area (Å²) in [6.07, 6.45) is 0. The maximum Gasteiger partial charge on any atom is 0.329 e. The van der Waals surface area contributed by atoms with Crippen LogP contribution in [0.15, 0.2) is 34.9 Å². The van der Waals surface area contributed by atoms with E-state index in [1.165, 1.54) is 0 Å². The number of esters is 1. The van der Waals surface area contributed by atoms with Crippen LogP contribution in [0, 0.1) is 12.8 Å². The van der Waals surface area contributed by atoms with Crippen LogP contribution in [0.1, 0.15) is 42.6 Å². The number of para-hydroxylation sites is 1. The average molecular weight is 360 g/mol. The lowest BCUT2D eigenvalue weighted by molar-refractivity contribution is -0.149. The number of hydrogen-bond donors (Lipinski definition) is 1. The number of aromatic nitrogens is 1. The molecule has 0 aliphatic rings. The van der Waals surface area contributed by atoms with Gasteiger partial charge < -0.3 is 19.3 Å². The van der Waals surface area contributed by atoms with Crippen molar-refractivity contribution in [3.05, 3.63) is 47.3 Å². The molecule has 0 aliphatic heterocycles. The molecular weight excluding hydrogens is 336 g/mol. The molecule has 1 aromatic heterocycles. The molecule has 1 atom stereocenters. The van der Waals surface area contributed by atoms with Crippen molar-refractivity contribution in [2.45, 2.75) is 40.3 Å². The van der Waals surface area contributed by atoms with E-state index in [1.807, 2.05) is 20.8 Å². The predicted molar refractivity (Wildman–Crippen MR) is 94.7 cm³/mol. The molecule has 0 aliphatic carbocycles. The van der Waals surface area contributed by atoms with Gasteiger partial charge in [-0.2, -0.15) is 0 Å². The Hall–Kier alpha value is -2.83. The number of carbonyl (C=O) groups excluding carboxylic acids is 2. The molecule has 1 amide bonds. The molecule has 0 bridgehead atoms. The van der Waals surface area contributed by atoms with Gasteiger partial charge in [-0.05, 0) is 31.9 Å². The molecule has 0 fully saturated rings. The van der Waals surface area contributed by atoms with Crippen molar-refractivity contribution in [3.63, 3.8) is 0 Å². The van der Waals surface area contributed by atoms with Crippen LogP contribution in [0.4, 0.5) is 0 Å². The van der Waals surface area contributed by atoms with Crippen LogP contribution in [0.3, 0.4) is 0 Å². The van der Waals surface area contributed by atoms with Gasteiger partial charge in [0, 0.05) is 6.07 Å². The first-order valence-corrected chi connectivity index (χ1v) is 8.53. The Morgan fingerprint density at radius 1 is 1.27 bits per heavy atom. The van der Waals surface area contributed by atoms with Crippen molar-refractivity contribution in [1.29, 1.82) is 0 Å². The number of nitrogens with one attached hydrogen (secondary N) is 1. The number of rotatable bonds is 8. The van der Waals surface area contributed by atoms with Crippen LogP contribution >= 0.6 is 0 Å². The molecule has 0 radical (unpaired) electrons. The van der Waals surface area contributed by atoms with Crippen LogP contribution < -0.4 is 10.1 Å². The fourth-order valence-corrected chi connectivity index (χ4v) is 2.37. The number of nitrogens with zero attached hydrogens (tertiary/aromatic N) is 1. The highest BCUT2D eigenvalue weighted by atomic mass is 16.6. The van der Waals surface area contributed by atoms with Crippen LogP contribution in [0.2, 0.25) is 0 Å². The maximum atomic E-state index is 12.6. The Balaban J connectivity index is 2.05. The van der Waals surface area contributed by atoms with E-state index in [-0.39, 0.29) is 18.4 Å². The third-order valence-corrected chi connectivity index (χ3v) is 3.67. The summed E-state index contributed by atoms with van der Waals surface area (Å²) in [5, 5.41) is 6.47. The van der Waals surface area contributed by atoms with Crippen molar-refractivity contribution in [1.82, 2.24) is 10.5 Å². The van der Waals surface area contributed by atoms with Gasteiger partial charge in [-0.25, -0.2) is 4.79 Å². The SMILES string of the molecule is CCOc1ccccc1C(=O)N[C@H](C(=O)OCc1cc(C)no1)C(C)C. The maximum absolute atomic E-state index is 12.6. The summed E-state index contributed by atoms with van der Waals surface area (Å²) in [5.74, 6) is -0.148. The molecule has 0 saturated carbocycles. The first-order chi connectivity index (χ1) is 12.4. The van der Waals surface area contributed by atoms with Crippen molar-refractivity contribution in [3.8, 4) is 5.75 Å². The zero-order valence-electron chi connectivity index (χ0n) is 15.4. The fraction of sp³-hybridized carbons (Fsp3) is 0.421. The number of ether oxygens (including phenoxy) is 2. The molecule has 0 saturated heterocycles. The largest absolute Gasteiger partial charge is 0.493 e. The molecule has 7 nitrogen and oxygen atoms in total. The predicted octanol–water partition coefficient (Wildman–Crippen LogP) is 2.88. The summed E-state index contributed by atoms with van der Waals surface area (Å²) in [7, 11) is 0. The van der Waals surface area contributed by atoms with Gasteiger partial charge in [-0.1, -0.05) is 31.1 Å². The molecule has 26 heavy (non-hydrogen) atoms. The average Bonchev–Trinajstić information content (AvgIpc) is 3.03. The Morgan fingerprint density at radius 3 is 2.62 bits per heavy atom. The number of benzene rings is 1. The van der Waals surface area contributed by atoms with E-state index in [0.29, 0.717) is 29.4 Å². The van der Waals surface area contributed by atoms with Gasteiger partial charge in [0.25, 0.3) is 5.91 Å². The van der Waals surface area contributed by atoms with Crippen molar-refractivity contribution in [2.75, 3.05) is 6.61 Å². The highest BCUT2D eigenvalue weighted by molar-refractivity contribution is 5.99. The molecule has 140 valence electrons. The number of hydrogen-bond acceptors (Lipinski definition) is 6. The first-order valence-electron chi connectivity index (χ1n) is 8.53. The molecule has 0 spiro atoms. The van der Waals surface area contributed by atoms with Crippen LogP contribution in [-0.4, -0.2) is 29.7 Å². The van der Waals surface area contributed by atoms with Gasteiger partial charge in [0.05, 0.1) is 17.9 Å². The van der Waals surface area contributed by atoms with E-state index in [0.717, 1.165) is 0 Å². The Bertz CT molecular complexity index is 754. The van der Waals surface area contributed by atoms with Crippen molar-refractivity contribution < 1.29 is 23.6 Å². The molecule has 7 heteroatoms. The van der Waals surface area contributed by atoms with E-state index < -0.39 is 12.0 Å². The van der Waals surface area contributed by atoms with Gasteiger partial charge in [0.2, 0.25) is 0 Å². The van der Waals surface area contributed by atoms with E-state index in [2.05, 4.69) is 10.5 Å². The second kappa shape index (κ2) is 9.03. The number of amides is 1. The molecular formula is C19H24N2O5. The monoisotopic (exact) mass is 360 g/mol. The zero-order valence-corrected chi connectivity index (χ0v) is 15.4. The molecule has 1 heterocycles. The van der Waals surface area contributed by atoms with Crippen LogP contribution in [-0.2, 0) is 16.1 Å². The molecule has 0 unspecified atom stereocenters. The summed E-state index contributed by atoms with van der Waals surface area (Å²) in [4.78, 5) is 25.0. The third kappa shape index (κ3) is 5.08. The molecule has 2 rings (SSSR count). The second-order valence-electron chi connectivity index (χ2n) is 6.17. The Kier molecular flexibility index (Phi) is 6.77. The Morgan fingerprint density at radius 2 is 2.00 bits per heavy atom. The van der Waals surface area contributed by atoms with Gasteiger partial charge in [-0.3, -0.25) is 4.79 Å². The minimum absolute atomic E-state index is 0.0334. The number of carbonyl (C=O) groups is 2. The van der Waals surface area contributed by atoms with E-state index in [1.54, 1.807) is 37.3 Å². The second-order valence-corrected chi connectivity index (χ2v) is 6.17. The minimum atomic E-state index is -0.791. The molecule has 1 N–H and O–H groups in total. The van der Waals surface area contributed by atoms with Gasteiger partial charge in [0.1, 0.15) is 11.8 Å². The first kappa shape index (κ1) is 19.5. The lowest BCUT2D eigenvalue weighted by atomic mass is 10.0. The topological polar surface area (TPSA) is 90.7 Å². The van der Waals surface area contributed by atoms with Gasteiger partial charge >= 0.3 is 5.97 Å². The Labute approximate surface area is 152 Å². The lowest BCUT2D eigenvalue weighted by Gasteiger charge is -2.21. The van der Waals surface area contributed by atoms with Crippen molar-refractivity contribution >= 4 is 11.9 Å². The van der Waals surface area contributed by atoms with E-state index >= 15 is 0 Å². The standard InChI is InChI=1S/C19H24N2O5/c1-5-24-16-9-7-6-8-15(16)18(22)20-17(12(2)3)19(23)25-11-14-10-13(4)21-26-14/h6-10,12,17H,5,11H2,1-4H3,(H,20,22)/t17-/m0/s1. The highest BCUT2D eigenvalue weighted by Crippen LogP contribution is 2.18. The normalized spacial score (nSPS) is 11.9. The fourth-order valence-electron chi connectivity index (χ4n) is 2.37. The van der Waals surface area contributed by atoms with Crippen LogP contribution in [0.25, 0.3) is 0 Å². The highest BCUT2D eigenvalue weighted by Gasteiger charge is 2.27. The summed E-state index contributed by atoms with van der Waals surface area (Å²) in [6, 6.07) is 7.80. The minimum Gasteiger partial charge on any atom is -0.493 e. The lowest BCUT2D eigenvalue weighted by Crippen LogP contribution is -2.45. The number of aryl methyl sites for hydroxylation is 1. The van der Waals surface area contributed by atoms with Gasteiger partial charge in [-0.15, -0.1) is 0 Å². The van der Waals surface area contributed by atoms with Crippen molar-refractivity contribution in [2.24, 2.45) is 5.92 Å². The smallest absolute Gasteiger partial charge is 0.329 e. The quantitative estimate of drug-likeness (QED) is 0.728. The van der Waals surface area contributed by atoms with E-state index in [9.17, 15) is 9.59 Å². The summed E-state index contributed by atoms with van der Waals surface area (Å²) in [5.41, 5.74) is 1.08. The van der Waals surface area contributed by atoms with Gasteiger partial charge in [0.15, 0.2) is 12.4 Å². The summed E-state index contributed by atoms with van der Waals surface area (Å²) < 4.78 is 15.7. The summed E-state index contributed by atoms with van der Waals surface area (Å²) >= 11 is 0. The molecule has 1 aromatic carbocycles. The van der Waals surface area contributed by atoms with Crippen LogP contribution in [0.5, 0.6) is 5.75 Å². The van der Waals surface area contributed by atoms with E-state index in [4.69, 9.17) is 14.0 Å².